The predicted molar refractivity (Wildman–Crippen MR) is 34.6 cm³/mol. The van der Waals surface area contributed by atoms with Crippen LogP contribution in [0.15, 0.2) is 12.7 Å². The highest BCUT2D eigenvalue weighted by atomic mass is 16.6. The first-order chi connectivity index (χ1) is 4.31. The molecule has 3 nitrogen and oxygen atoms in total. The molecule has 0 unspecified atom stereocenters. The van der Waals surface area contributed by atoms with E-state index in [-0.39, 0.29) is 5.91 Å². The molecule has 0 aromatic carbocycles. The monoisotopic (exact) mass is 129 g/mol. The van der Waals surface area contributed by atoms with Gasteiger partial charge in [0.05, 0.1) is 7.11 Å². The van der Waals surface area contributed by atoms with Gasteiger partial charge in [-0.25, -0.2) is 5.48 Å². The lowest BCUT2D eigenvalue weighted by Gasteiger charge is -1.97. The number of hydrogen-bond acceptors (Lipinski definition) is 2. The second-order valence-corrected chi connectivity index (χ2v) is 1.56. The first kappa shape index (κ1) is 8.17. The molecule has 52 valence electrons. The standard InChI is InChI=1S/C6H11NO2/c1-3-4-5-6(8)7-9-2/h3H,1,4-5H2,2H3,(H,7,8). The van der Waals surface area contributed by atoms with Crippen molar-refractivity contribution in [2.75, 3.05) is 7.11 Å². The highest BCUT2D eigenvalue weighted by Crippen LogP contribution is 1.87. The molecule has 9 heavy (non-hydrogen) atoms. The van der Waals surface area contributed by atoms with Gasteiger partial charge in [-0.1, -0.05) is 6.08 Å². The topological polar surface area (TPSA) is 38.3 Å². The number of carbonyl (C=O) groups is 1. The SMILES string of the molecule is C=CCCC(=O)NOC. The second-order valence-electron chi connectivity index (χ2n) is 1.56. The molecule has 0 heterocycles. The highest BCUT2D eigenvalue weighted by Gasteiger charge is 1.94. The molecule has 1 amide bonds. The molecule has 0 bridgehead atoms. The van der Waals surface area contributed by atoms with Gasteiger partial charge in [0.15, 0.2) is 0 Å². The van der Waals surface area contributed by atoms with Crippen molar-refractivity contribution in [3.8, 4) is 0 Å². The number of allylic oxidation sites excluding steroid dienone is 1. The zero-order valence-electron chi connectivity index (χ0n) is 5.52. The normalized spacial score (nSPS) is 8.56. The Labute approximate surface area is 54.7 Å². The minimum Gasteiger partial charge on any atom is -0.277 e. The van der Waals surface area contributed by atoms with Crippen LogP contribution in [0.1, 0.15) is 12.8 Å². The Hall–Kier alpha value is -0.830. The van der Waals surface area contributed by atoms with Crippen LogP contribution in [-0.4, -0.2) is 13.0 Å². The van der Waals surface area contributed by atoms with Crippen molar-refractivity contribution in [1.82, 2.24) is 5.48 Å². The van der Waals surface area contributed by atoms with E-state index in [1.54, 1.807) is 6.08 Å². The molecular weight excluding hydrogens is 118 g/mol. The van der Waals surface area contributed by atoms with Crippen LogP contribution in [-0.2, 0) is 9.63 Å². The fraction of sp³-hybridized carbons (Fsp3) is 0.500. The molecule has 0 radical (unpaired) electrons. The Morgan fingerprint density at radius 2 is 2.56 bits per heavy atom. The van der Waals surface area contributed by atoms with Crippen molar-refractivity contribution < 1.29 is 9.63 Å². The van der Waals surface area contributed by atoms with E-state index in [4.69, 9.17) is 0 Å². The summed E-state index contributed by atoms with van der Waals surface area (Å²) in [6, 6.07) is 0. The summed E-state index contributed by atoms with van der Waals surface area (Å²) in [6.45, 7) is 3.47. The average molecular weight is 129 g/mol. The number of hydroxylamine groups is 1. The van der Waals surface area contributed by atoms with Gasteiger partial charge in [-0.2, -0.15) is 0 Å². The molecule has 0 saturated heterocycles. The van der Waals surface area contributed by atoms with Gasteiger partial charge in [-0.05, 0) is 6.42 Å². The maximum Gasteiger partial charge on any atom is 0.243 e. The Kier molecular flexibility index (Phi) is 4.82. The summed E-state index contributed by atoms with van der Waals surface area (Å²) in [7, 11) is 1.41. The van der Waals surface area contributed by atoms with E-state index in [0.717, 1.165) is 0 Å². The summed E-state index contributed by atoms with van der Waals surface area (Å²) in [6.07, 6.45) is 2.82. The van der Waals surface area contributed by atoms with Gasteiger partial charge in [0.2, 0.25) is 5.91 Å². The number of nitrogens with one attached hydrogen (secondary N) is 1. The molecular formula is C6H11NO2. The van der Waals surface area contributed by atoms with Crippen LogP contribution in [0.3, 0.4) is 0 Å². The van der Waals surface area contributed by atoms with Gasteiger partial charge in [-0.3, -0.25) is 9.63 Å². The first-order valence-corrected chi connectivity index (χ1v) is 2.74. The number of amides is 1. The second kappa shape index (κ2) is 5.31. The van der Waals surface area contributed by atoms with Gasteiger partial charge in [0, 0.05) is 6.42 Å². The largest absolute Gasteiger partial charge is 0.277 e. The minimum atomic E-state index is -0.114. The van der Waals surface area contributed by atoms with Crippen LogP contribution in [0.2, 0.25) is 0 Å². The maximum absolute atomic E-state index is 10.5. The molecule has 1 N–H and O–H groups in total. The zero-order chi connectivity index (χ0) is 7.11. The van der Waals surface area contributed by atoms with Crippen molar-refractivity contribution in [3.63, 3.8) is 0 Å². The molecule has 0 rings (SSSR count). The minimum absolute atomic E-state index is 0.114. The summed E-state index contributed by atoms with van der Waals surface area (Å²) in [5.41, 5.74) is 2.19. The van der Waals surface area contributed by atoms with E-state index in [0.29, 0.717) is 12.8 Å². The molecule has 0 aliphatic rings. The first-order valence-electron chi connectivity index (χ1n) is 2.74. The van der Waals surface area contributed by atoms with Crippen LogP contribution in [0, 0.1) is 0 Å². The molecule has 3 heteroatoms. The lowest BCUT2D eigenvalue weighted by atomic mass is 10.3. The van der Waals surface area contributed by atoms with Gasteiger partial charge in [-0.15, -0.1) is 6.58 Å². The Morgan fingerprint density at radius 3 is 3.00 bits per heavy atom. The van der Waals surface area contributed by atoms with E-state index in [1.165, 1.54) is 7.11 Å². The molecule has 0 fully saturated rings. The quantitative estimate of drug-likeness (QED) is 0.446. The van der Waals surface area contributed by atoms with Gasteiger partial charge in [0.1, 0.15) is 0 Å². The van der Waals surface area contributed by atoms with Crippen LogP contribution in [0.5, 0.6) is 0 Å². The Bertz CT molecular complexity index is 101. The molecule has 0 aliphatic carbocycles. The van der Waals surface area contributed by atoms with Crippen molar-refractivity contribution in [3.05, 3.63) is 12.7 Å². The lowest BCUT2D eigenvalue weighted by Crippen LogP contribution is -2.20. The van der Waals surface area contributed by atoms with Crippen LogP contribution < -0.4 is 5.48 Å². The zero-order valence-corrected chi connectivity index (χ0v) is 5.52. The van der Waals surface area contributed by atoms with E-state index < -0.39 is 0 Å². The average Bonchev–Trinajstić information content (AvgIpc) is 1.85. The molecule has 0 spiro atoms. The summed E-state index contributed by atoms with van der Waals surface area (Å²) in [5, 5.41) is 0. The molecule has 0 aromatic rings. The lowest BCUT2D eigenvalue weighted by molar-refractivity contribution is -0.131. The third-order valence-electron chi connectivity index (χ3n) is 0.791. The highest BCUT2D eigenvalue weighted by molar-refractivity contribution is 5.74. The fourth-order valence-corrected chi connectivity index (χ4v) is 0.398. The molecule has 0 saturated carbocycles. The maximum atomic E-state index is 10.5. The number of hydrogen-bond donors (Lipinski definition) is 1. The number of rotatable bonds is 4. The Morgan fingerprint density at radius 1 is 1.89 bits per heavy atom. The van der Waals surface area contributed by atoms with Gasteiger partial charge < -0.3 is 0 Å². The van der Waals surface area contributed by atoms with Gasteiger partial charge >= 0.3 is 0 Å². The smallest absolute Gasteiger partial charge is 0.243 e. The van der Waals surface area contributed by atoms with Crippen LogP contribution in [0.4, 0.5) is 0 Å². The van der Waals surface area contributed by atoms with E-state index in [1.807, 2.05) is 0 Å². The van der Waals surface area contributed by atoms with Crippen LogP contribution >= 0.6 is 0 Å². The van der Waals surface area contributed by atoms with E-state index in [2.05, 4.69) is 16.9 Å². The predicted octanol–water partition coefficient (Wildman–Crippen LogP) is 0.630. The van der Waals surface area contributed by atoms with Crippen molar-refractivity contribution in [1.29, 1.82) is 0 Å². The number of carbonyl (C=O) groups excluding carboxylic acids is 1. The van der Waals surface area contributed by atoms with Crippen LogP contribution in [0.25, 0.3) is 0 Å². The van der Waals surface area contributed by atoms with E-state index >= 15 is 0 Å². The Balaban J connectivity index is 3.16. The third kappa shape index (κ3) is 5.03. The van der Waals surface area contributed by atoms with Gasteiger partial charge in [0.25, 0.3) is 0 Å². The molecule has 0 aliphatic heterocycles. The molecule has 0 aromatic heterocycles. The fourth-order valence-electron chi connectivity index (χ4n) is 0.398. The summed E-state index contributed by atoms with van der Waals surface area (Å²) < 4.78 is 0. The summed E-state index contributed by atoms with van der Waals surface area (Å²) in [4.78, 5) is 14.9. The molecule has 0 atom stereocenters. The summed E-state index contributed by atoms with van der Waals surface area (Å²) >= 11 is 0. The van der Waals surface area contributed by atoms with E-state index in [9.17, 15) is 4.79 Å². The van der Waals surface area contributed by atoms with Crippen molar-refractivity contribution >= 4 is 5.91 Å². The third-order valence-corrected chi connectivity index (χ3v) is 0.791. The summed E-state index contributed by atoms with van der Waals surface area (Å²) in [5.74, 6) is -0.114. The van der Waals surface area contributed by atoms with Crippen molar-refractivity contribution in [2.24, 2.45) is 0 Å². The van der Waals surface area contributed by atoms with Crippen molar-refractivity contribution in [2.45, 2.75) is 12.8 Å².